The number of hydrogen-bond acceptors (Lipinski definition) is 7. The normalized spacial score (nSPS) is 16.2. The van der Waals surface area contributed by atoms with Crippen LogP contribution in [0.5, 0.6) is 5.75 Å². The highest BCUT2D eigenvalue weighted by atomic mass is 16.5. The molecule has 2 aromatic heterocycles. The molecular formula is C26H29N3O5. The SMILES string of the molecule is CCN(CC)CCCN1C(=O)C(O)=C(C(=O)c2cc3cccc(OC)c3o2)[C@@H]1c1ccccn1. The van der Waals surface area contributed by atoms with E-state index >= 15 is 0 Å². The molecule has 34 heavy (non-hydrogen) atoms. The Hall–Kier alpha value is -3.65. The smallest absolute Gasteiger partial charge is 0.290 e. The summed E-state index contributed by atoms with van der Waals surface area (Å²) in [5, 5.41) is 11.5. The van der Waals surface area contributed by atoms with Crippen molar-refractivity contribution in [3.63, 3.8) is 0 Å². The largest absolute Gasteiger partial charge is 0.503 e. The minimum atomic E-state index is -0.798. The first-order chi connectivity index (χ1) is 16.5. The van der Waals surface area contributed by atoms with E-state index in [2.05, 4.69) is 23.7 Å². The van der Waals surface area contributed by atoms with Gasteiger partial charge in [-0.1, -0.05) is 32.0 Å². The number of amides is 1. The molecule has 0 aliphatic carbocycles. The Bertz CT molecular complexity index is 1210. The number of nitrogens with zero attached hydrogens (tertiary/aromatic N) is 3. The number of pyridine rings is 1. The van der Waals surface area contributed by atoms with Gasteiger partial charge in [0.15, 0.2) is 22.9 Å². The monoisotopic (exact) mass is 463 g/mol. The van der Waals surface area contributed by atoms with Crippen LogP contribution in [0.25, 0.3) is 11.0 Å². The number of benzene rings is 1. The van der Waals surface area contributed by atoms with Crippen molar-refractivity contribution in [2.75, 3.05) is 33.3 Å². The molecule has 1 atom stereocenters. The second-order valence-electron chi connectivity index (χ2n) is 8.12. The number of aromatic nitrogens is 1. The highest BCUT2D eigenvalue weighted by molar-refractivity contribution is 6.16. The van der Waals surface area contributed by atoms with Crippen molar-refractivity contribution in [3.05, 3.63) is 71.4 Å². The summed E-state index contributed by atoms with van der Waals surface area (Å²) in [6, 6.07) is 11.5. The van der Waals surface area contributed by atoms with Crippen molar-refractivity contribution in [1.82, 2.24) is 14.8 Å². The Balaban J connectivity index is 1.70. The van der Waals surface area contributed by atoms with E-state index in [4.69, 9.17) is 9.15 Å². The maximum atomic E-state index is 13.6. The van der Waals surface area contributed by atoms with Gasteiger partial charge in [-0.05, 0) is 50.3 Å². The van der Waals surface area contributed by atoms with Gasteiger partial charge in [-0.3, -0.25) is 14.6 Å². The average Bonchev–Trinajstić information content (AvgIpc) is 3.41. The molecule has 1 N–H and O–H groups in total. The van der Waals surface area contributed by atoms with Crippen LogP contribution in [0, 0.1) is 0 Å². The van der Waals surface area contributed by atoms with Crippen molar-refractivity contribution >= 4 is 22.7 Å². The molecule has 0 saturated carbocycles. The lowest BCUT2D eigenvalue weighted by molar-refractivity contribution is -0.129. The van der Waals surface area contributed by atoms with Crippen LogP contribution >= 0.6 is 0 Å². The minimum Gasteiger partial charge on any atom is -0.503 e. The Morgan fingerprint density at radius 3 is 2.68 bits per heavy atom. The van der Waals surface area contributed by atoms with Crippen molar-refractivity contribution in [3.8, 4) is 5.75 Å². The molecule has 1 aliphatic heterocycles. The number of rotatable bonds is 10. The molecule has 0 radical (unpaired) electrons. The molecule has 0 spiro atoms. The fourth-order valence-corrected chi connectivity index (χ4v) is 4.41. The predicted molar refractivity (Wildman–Crippen MR) is 128 cm³/mol. The van der Waals surface area contributed by atoms with Crippen LogP contribution in [0.3, 0.4) is 0 Å². The summed E-state index contributed by atoms with van der Waals surface area (Å²) >= 11 is 0. The molecule has 178 valence electrons. The summed E-state index contributed by atoms with van der Waals surface area (Å²) in [7, 11) is 1.52. The van der Waals surface area contributed by atoms with Gasteiger partial charge in [0.2, 0.25) is 5.78 Å². The van der Waals surface area contributed by atoms with Gasteiger partial charge in [0.1, 0.15) is 6.04 Å². The summed E-state index contributed by atoms with van der Waals surface area (Å²) < 4.78 is 11.2. The van der Waals surface area contributed by atoms with Crippen LogP contribution in [0.4, 0.5) is 0 Å². The van der Waals surface area contributed by atoms with Gasteiger partial charge in [0.05, 0.1) is 18.4 Å². The van der Waals surface area contributed by atoms with E-state index in [1.54, 1.807) is 42.6 Å². The highest BCUT2D eigenvalue weighted by Gasteiger charge is 2.45. The number of hydrogen-bond donors (Lipinski definition) is 1. The van der Waals surface area contributed by atoms with E-state index in [-0.39, 0.29) is 11.3 Å². The number of furan rings is 1. The lowest BCUT2D eigenvalue weighted by atomic mass is 9.98. The zero-order valence-corrected chi connectivity index (χ0v) is 19.7. The molecule has 3 heterocycles. The van der Waals surface area contributed by atoms with Gasteiger partial charge in [-0.25, -0.2) is 0 Å². The van der Waals surface area contributed by atoms with E-state index < -0.39 is 23.5 Å². The van der Waals surface area contributed by atoms with Gasteiger partial charge in [-0.15, -0.1) is 0 Å². The van der Waals surface area contributed by atoms with Gasteiger partial charge in [0.25, 0.3) is 5.91 Å². The predicted octanol–water partition coefficient (Wildman–Crippen LogP) is 4.15. The third-order valence-electron chi connectivity index (χ3n) is 6.24. The number of aliphatic hydroxyl groups is 1. The van der Waals surface area contributed by atoms with Crippen LogP contribution in [-0.4, -0.2) is 64.9 Å². The summed E-state index contributed by atoms with van der Waals surface area (Å²) in [4.78, 5) is 34.9. The topological polar surface area (TPSA) is 96.1 Å². The van der Waals surface area contributed by atoms with Crippen LogP contribution in [0.15, 0.2) is 64.4 Å². The van der Waals surface area contributed by atoms with Crippen LogP contribution in [0.1, 0.15) is 42.6 Å². The lowest BCUT2D eigenvalue weighted by Gasteiger charge is -2.27. The summed E-state index contributed by atoms with van der Waals surface area (Å²) in [5.41, 5.74) is 0.924. The van der Waals surface area contributed by atoms with E-state index in [9.17, 15) is 14.7 Å². The second-order valence-corrected chi connectivity index (χ2v) is 8.12. The van der Waals surface area contributed by atoms with Gasteiger partial charge in [0, 0.05) is 18.1 Å². The Morgan fingerprint density at radius 1 is 1.21 bits per heavy atom. The van der Waals surface area contributed by atoms with E-state index in [0.29, 0.717) is 35.4 Å². The van der Waals surface area contributed by atoms with Crippen LogP contribution in [-0.2, 0) is 4.79 Å². The fraction of sp³-hybridized carbons (Fsp3) is 0.346. The Labute approximate surface area is 198 Å². The number of Topliss-reactive ketones (excluding diaryl/α,β-unsaturated/α-hetero) is 1. The Morgan fingerprint density at radius 2 is 2.00 bits per heavy atom. The number of ether oxygens (including phenoxy) is 1. The molecule has 1 aliphatic rings. The second kappa shape index (κ2) is 10.1. The van der Waals surface area contributed by atoms with E-state index in [1.165, 1.54) is 12.0 Å². The van der Waals surface area contributed by atoms with Gasteiger partial charge >= 0.3 is 0 Å². The lowest BCUT2D eigenvalue weighted by Crippen LogP contribution is -2.34. The molecule has 4 rings (SSSR count). The maximum Gasteiger partial charge on any atom is 0.290 e. The molecule has 0 unspecified atom stereocenters. The third kappa shape index (κ3) is 4.28. The molecule has 3 aromatic rings. The first-order valence-corrected chi connectivity index (χ1v) is 11.5. The molecule has 1 aromatic carbocycles. The first kappa shape index (κ1) is 23.5. The quantitative estimate of drug-likeness (QED) is 0.451. The first-order valence-electron chi connectivity index (χ1n) is 11.5. The van der Waals surface area contributed by atoms with Gasteiger partial charge < -0.3 is 24.1 Å². The summed E-state index contributed by atoms with van der Waals surface area (Å²) in [6.07, 6.45) is 2.31. The number of methoxy groups -OCH3 is 1. The number of ketones is 1. The minimum absolute atomic E-state index is 0.0236. The fourth-order valence-electron chi connectivity index (χ4n) is 4.41. The van der Waals surface area contributed by atoms with Crippen LogP contribution in [0.2, 0.25) is 0 Å². The summed E-state index contributed by atoms with van der Waals surface area (Å²) in [6.45, 7) is 7.19. The molecule has 1 amide bonds. The Kier molecular flexibility index (Phi) is 6.98. The maximum absolute atomic E-state index is 13.6. The zero-order chi connectivity index (χ0) is 24.2. The standard InChI is InChI=1S/C26H29N3O5/c1-4-28(5-2)14-9-15-29-22(18-11-6-7-13-27-18)21(24(31)26(29)32)23(30)20-16-17-10-8-12-19(33-3)25(17)34-20/h6-8,10-13,16,22,31H,4-5,9,14-15H2,1-3H3/t22-/m0/s1. The number of carbonyl (C=O) groups excluding carboxylic acids is 2. The molecule has 0 fully saturated rings. The van der Waals surface area contributed by atoms with Gasteiger partial charge in [-0.2, -0.15) is 0 Å². The molecule has 0 saturated heterocycles. The molecule has 8 heteroatoms. The van der Waals surface area contributed by atoms with Crippen LogP contribution < -0.4 is 4.74 Å². The average molecular weight is 464 g/mol. The number of aliphatic hydroxyl groups excluding tert-OH is 1. The van der Waals surface area contributed by atoms with E-state index in [0.717, 1.165) is 19.6 Å². The molecule has 8 nitrogen and oxygen atoms in total. The van der Waals surface area contributed by atoms with Crippen molar-refractivity contribution in [2.45, 2.75) is 26.3 Å². The van der Waals surface area contributed by atoms with Crippen molar-refractivity contribution in [1.29, 1.82) is 0 Å². The number of para-hydroxylation sites is 1. The van der Waals surface area contributed by atoms with E-state index in [1.807, 2.05) is 6.07 Å². The van der Waals surface area contributed by atoms with Crippen molar-refractivity contribution < 1.29 is 23.8 Å². The number of carbonyl (C=O) groups is 2. The molecular weight excluding hydrogens is 434 g/mol. The number of fused-ring (bicyclic) bond motifs is 1. The third-order valence-corrected chi connectivity index (χ3v) is 6.24. The summed E-state index contributed by atoms with van der Waals surface area (Å²) in [5.74, 6) is -1.16. The molecule has 0 bridgehead atoms. The highest BCUT2D eigenvalue weighted by Crippen LogP contribution is 2.39. The zero-order valence-electron chi connectivity index (χ0n) is 19.7. The van der Waals surface area contributed by atoms with Crippen molar-refractivity contribution in [2.24, 2.45) is 0 Å².